The van der Waals surface area contributed by atoms with Gasteiger partial charge in [-0.2, -0.15) is 17.8 Å². The molecular formula is C35H59Y-. The average Bonchev–Trinajstić information content (AvgIpc) is 3.31. The van der Waals surface area contributed by atoms with Gasteiger partial charge in [0.2, 0.25) is 0 Å². The van der Waals surface area contributed by atoms with E-state index < -0.39 is 0 Å². The maximum atomic E-state index is 2.55. The second-order valence-electron chi connectivity index (χ2n) is 11.1. The molecule has 0 amide bonds. The summed E-state index contributed by atoms with van der Waals surface area (Å²) in [5, 5.41) is 0. The largest absolute Gasteiger partial charge is 0.303 e. The van der Waals surface area contributed by atoms with E-state index in [0.29, 0.717) is 0 Å². The van der Waals surface area contributed by atoms with Gasteiger partial charge in [-0.05, 0) is 29.4 Å². The molecule has 1 radical (unpaired) electrons. The first kappa shape index (κ1) is 32.5. The second kappa shape index (κ2) is 15.8. The molecule has 7 rings (SSSR count). The van der Waals surface area contributed by atoms with Gasteiger partial charge in [0, 0.05) is 32.7 Å². The Balaban J connectivity index is 0.000000467. The van der Waals surface area contributed by atoms with Crippen molar-refractivity contribution in [3.05, 3.63) is 41.3 Å². The van der Waals surface area contributed by atoms with E-state index in [0.717, 1.165) is 53.3 Å². The standard InChI is InChI=1S/C27H35.4C2H6.Y/c1-2-8-18-16(7-1)15-17-13-14-23-19-9-3-4-10-20(19)26-22-12-6-5-11-21(22)25(18)24(17)27(23)26;4*1-2;/h3-4,9-10,16-18,21-24,26-27H,1-2,5-8,11-15H2;4*1-2H3;/q-1;;;;;. The molecule has 0 nitrogen and oxygen atoms in total. The molecule has 36 heavy (non-hydrogen) atoms. The first-order chi connectivity index (χ1) is 17.4. The number of hydrogen-bond donors (Lipinski definition) is 0. The van der Waals surface area contributed by atoms with Crippen molar-refractivity contribution in [3.8, 4) is 0 Å². The Bertz CT molecular complexity index is 740. The van der Waals surface area contributed by atoms with Crippen LogP contribution >= 0.6 is 0 Å². The fourth-order valence-electron chi connectivity index (χ4n) is 9.89. The second-order valence-corrected chi connectivity index (χ2v) is 11.1. The summed E-state index contributed by atoms with van der Waals surface area (Å²) < 4.78 is 0. The summed E-state index contributed by atoms with van der Waals surface area (Å²) >= 11 is 0. The molecule has 1 aromatic rings. The molecule has 9 unspecified atom stereocenters. The van der Waals surface area contributed by atoms with Gasteiger partial charge in [-0.3, -0.25) is 0 Å². The van der Waals surface area contributed by atoms with Gasteiger partial charge in [0.15, 0.2) is 0 Å². The molecule has 5 saturated carbocycles. The molecule has 0 saturated heterocycles. The summed E-state index contributed by atoms with van der Waals surface area (Å²) in [5.74, 6) is 11.2. The van der Waals surface area contributed by atoms with Crippen molar-refractivity contribution < 1.29 is 32.7 Å². The van der Waals surface area contributed by atoms with Crippen molar-refractivity contribution in [1.29, 1.82) is 0 Å². The van der Waals surface area contributed by atoms with E-state index in [1.54, 1.807) is 31.2 Å². The van der Waals surface area contributed by atoms with Gasteiger partial charge in [0.05, 0.1) is 0 Å². The molecule has 0 N–H and O–H groups in total. The number of fused-ring (bicyclic) bond motifs is 8. The van der Waals surface area contributed by atoms with Gasteiger partial charge in [-0.25, -0.2) is 0 Å². The van der Waals surface area contributed by atoms with Crippen molar-refractivity contribution in [2.24, 2.45) is 41.4 Å². The summed E-state index contributed by atoms with van der Waals surface area (Å²) in [6.07, 6.45) is 16.9. The fraction of sp³-hybridized carbons (Fsp3) is 0.800. The van der Waals surface area contributed by atoms with Gasteiger partial charge in [-0.1, -0.05) is 168 Å². The predicted octanol–water partition coefficient (Wildman–Crippen LogP) is 11.2. The topological polar surface area (TPSA) is 0 Å². The third kappa shape index (κ3) is 5.62. The molecule has 9 atom stereocenters. The minimum absolute atomic E-state index is 0. The van der Waals surface area contributed by atoms with Crippen molar-refractivity contribution in [1.82, 2.24) is 0 Å². The van der Waals surface area contributed by atoms with Crippen molar-refractivity contribution in [3.63, 3.8) is 0 Å². The van der Waals surface area contributed by atoms with Crippen LogP contribution in [0.15, 0.2) is 24.3 Å². The van der Waals surface area contributed by atoms with Crippen LogP contribution in [0.1, 0.15) is 149 Å². The van der Waals surface area contributed by atoms with E-state index in [2.05, 4.69) is 30.2 Å². The van der Waals surface area contributed by atoms with Crippen LogP contribution in [0.2, 0.25) is 0 Å². The maximum Gasteiger partial charge on any atom is 0 e. The number of rotatable bonds is 0. The van der Waals surface area contributed by atoms with Gasteiger partial charge in [0.25, 0.3) is 0 Å². The normalized spacial score (nSPS) is 38.4. The monoisotopic (exact) mass is 568 g/mol. The Morgan fingerprint density at radius 3 is 1.89 bits per heavy atom. The molecule has 6 aliphatic rings. The van der Waals surface area contributed by atoms with Gasteiger partial charge >= 0.3 is 0 Å². The quantitative estimate of drug-likeness (QED) is 0.273. The van der Waals surface area contributed by atoms with Crippen LogP contribution in [0.3, 0.4) is 0 Å². The molecule has 1 aromatic carbocycles. The zero-order valence-corrected chi connectivity index (χ0v) is 28.2. The number of hydrogen-bond acceptors (Lipinski definition) is 0. The Labute approximate surface area is 251 Å². The molecule has 0 spiro atoms. The molecule has 5 fully saturated rings. The third-order valence-corrected chi connectivity index (χ3v) is 10.4. The molecule has 0 aromatic heterocycles. The van der Waals surface area contributed by atoms with E-state index in [9.17, 15) is 0 Å². The average molecular weight is 569 g/mol. The summed E-state index contributed by atoms with van der Waals surface area (Å²) in [5.41, 5.74) is 3.61. The molecule has 0 aliphatic heterocycles. The van der Waals surface area contributed by atoms with Crippen molar-refractivity contribution in [2.75, 3.05) is 0 Å². The van der Waals surface area contributed by atoms with Crippen LogP contribution in [-0.2, 0) is 32.7 Å². The zero-order chi connectivity index (χ0) is 25.5. The van der Waals surface area contributed by atoms with Crippen molar-refractivity contribution >= 4 is 0 Å². The van der Waals surface area contributed by atoms with Crippen LogP contribution in [-0.4, -0.2) is 0 Å². The van der Waals surface area contributed by atoms with Crippen LogP contribution in [0.5, 0.6) is 0 Å². The first-order valence-electron chi connectivity index (χ1n) is 16.4. The van der Waals surface area contributed by atoms with Gasteiger partial charge < -0.3 is 5.92 Å². The maximum absolute atomic E-state index is 2.55. The molecule has 1 heteroatoms. The van der Waals surface area contributed by atoms with E-state index >= 15 is 0 Å². The van der Waals surface area contributed by atoms with E-state index in [-0.39, 0.29) is 32.7 Å². The minimum atomic E-state index is 0. The van der Waals surface area contributed by atoms with E-state index in [1.807, 2.05) is 61.0 Å². The Hall–Kier alpha value is 0.324. The van der Waals surface area contributed by atoms with Crippen LogP contribution in [0.25, 0.3) is 0 Å². The summed E-state index contributed by atoms with van der Waals surface area (Å²) in [6.45, 7) is 16.0. The van der Waals surface area contributed by atoms with Gasteiger partial charge in [0.1, 0.15) is 0 Å². The molecule has 0 heterocycles. The van der Waals surface area contributed by atoms with E-state index in [4.69, 9.17) is 0 Å². The molecule has 0 bridgehead atoms. The van der Waals surface area contributed by atoms with Crippen LogP contribution in [0, 0.1) is 47.3 Å². The smallest absolute Gasteiger partial charge is 0 e. The number of benzene rings is 1. The van der Waals surface area contributed by atoms with Crippen LogP contribution < -0.4 is 0 Å². The fourth-order valence-corrected chi connectivity index (χ4v) is 9.89. The van der Waals surface area contributed by atoms with Crippen LogP contribution in [0.4, 0.5) is 0 Å². The molecule has 203 valence electrons. The predicted molar refractivity (Wildman–Crippen MR) is 156 cm³/mol. The van der Waals surface area contributed by atoms with E-state index in [1.165, 1.54) is 44.9 Å². The SMILES string of the molecule is CC.CC.CC.CC.[Y].c1ccc2c(c1)C1CCC3CC4CCCCC4[C-]4C5CCCCC5C2C1C43. The molecular weight excluding hydrogens is 509 g/mol. The Morgan fingerprint density at radius 2 is 1.19 bits per heavy atom. The summed E-state index contributed by atoms with van der Waals surface area (Å²) in [7, 11) is 0. The Kier molecular flexibility index (Phi) is 14.3. The Morgan fingerprint density at radius 1 is 0.611 bits per heavy atom. The molecule has 6 aliphatic carbocycles. The third-order valence-electron chi connectivity index (χ3n) is 10.4. The van der Waals surface area contributed by atoms with Gasteiger partial charge in [-0.15, -0.1) is 0 Å². The first-order valence-corrected chi connectivity index (χ1v) is 16.4. The summed E-state index contributed by atoms with van der Waals surface area (Å²) in [4.78, 5) is 0. The minimum Gasteiger partial charge on any atom is -0.303 e. The summed E-state index contributed by atoms with van der Waals surface area (Å²) in [6, 6.07) is 9.77. The zero-order valence-electron chi connectivity index (χ0n) is 25.4. The van der Waals surface area contributed by atoms with Crippen molar-refractivity contribution in [2.45, 2.75) is 138 Å².